The van der Waals surface area contributed by atoms with E-state index in [-0.39, 0.29) is 15.5 Å². The molecule has 0 heterocycles. The number of nitrogen functional groups attached to an aromatic ring is 1. The third-order valence-corrected chi connectivity index (χ3v) is 4.18. The highest BCUT2D eigenvalue weighted by Crippen LogP contribution is 2.24. The molecule has 1 aromatic carbocycles. The van der Waals surface area contributed by atoms with E-state index in [1.165, 1.54) is 12.1 Å². The molecule has 0 bridgehead atoms. The summed E-state index contributed by atoms with van der Waals surface area (Å²) in [6, 6.07) is 3.69. The predicted octanol–water partition coefficient (Wildman–Crippen LogP) is -0.221. The van der Waals surface area contributed by atoms with Gasteiger partial charge in [-0.1, -0.05) is 0 Å². The van der Waals surface area contributed by atoms with Gasteiger partial charge in [-0.15, -0.1) is 0 Å². The topological polar surface area (TPSA) is 106 Å². The number of hydrogen-bond donors (Lipinski definition) is 2. The lowest BCUT2D eigenvalue weighted by molar-refractivity contribution is 0.600. The molecule has 0 saturated heterocycles. The SMILES string of the molecule is CS(=O)(=O)c1ccc(NN)c(S(C)(=O)=O)c1. The summed E-state index contributed by atoms with van der Waals surface area (Å²) in [4.78, 5) is -0.204. The van der Waals surface area contributed by atoms with Gasteiger partial charge in [-0.3, -0.25) is 5.84 Å². The Kier molecular flexibility index (Phi) is 3.27. The van der Waals surface area contributed by atoms with E-state index >= 15 is 0 Å². The molecule has 8 heteroatoms. The summed E-state index contributed by atoms with van der Waals surface area (Å²) in [6.45, 7) is 0. The third-order valence-electron chi connectivity index (χ3n) is 1.94. The molecule has 3 N–H and O–H groups in total. The molecule has 1 rings (SSSR count). The van der Waals surface area contributed by atoms with Gasteiger partial charge in [-0.25, -0.2) is 16.8 Å². The molecular formula is C8H12N2O4S2. The van der Waals surface area contributed by atoms with Gasteiger partial charge in [0.05, 0.1) is 15.5 Å². The summed E-state index contributed by atoms with van der Waals surface area (Å²) in [5, 5.41) is 0. The lowest BCUT2D eigenvalue weighted by Crippen LogP contribution is -2.12. The van der Waals surface area contributed by atoms with Crippen molar-refractivity contribution in [2.24, 2.45) is 5.84 Å². The van der Waals surface area contributed by atoms with Crippen LogP contribution >= 0.6 is 0 Å². The van der Waals surface area contributed by atoms with Gasteiger partial charge < -0.3 is 5.43 Å². The van der Waals surface area contributed by atoms with E-state index in [9.17, 15) is 16.8 Å². The zero-order chi connectivity index (χ0) is 12.6. The van der Waals surface area contributed by atoms with Gasteiger partial charge in [0.15, 0.2) is 19.7 Å². The molecular weight excluding hydrogens is 252 g/mol. The van der Waals surface area contributed by atoms with Crippen molar-refractivity contribution in [2.45, 2.75) is 9.79 Å². The summed E-state index contributed by atoms with van der Waals surface area (Å²) in [7, 11) is -6.98. The maximum absolute atomic E-state index is 11.4. The molecule has 0 aromatic heterocycles. The molecule has 0 unspecified atom stereocenters. The third kappa shape index (κ3) is 2.71. The number of anilines is 1. The fraction of sp³-hybridized carbons (Fsp3) is 0.250. The van der Waals surface area contributed by atoms with Crippen LogP contribution in [-0.4, -0.2) is 29.3 Å². The first-order valence-corrected chi connectivity index (χ1v) is 7.95. The number of nitrogens with one attached hydrogen (secondary N) is 1. The molecule has 0 aliphatic heterocycles. The van der Waals surface area contributed by atoms with Crippen molar-refractivity contribution in [1.29, 1.82) is 0 Å². The van der Waals surface area contributed by atoms with Crippen molar-refractivity contribution < 1.29 is 16.8 Å². The number of benzene rings is 1. The van der Waals surface area contributed by atoms with E-state index < -0.39 is 19.7 Å². The lowest BCUT2D eigenvalue weighted by Gasteiger charge is -2.08. The van der Waals surface area contributed by atoms with Crippen LogP contribution in [0, 0.1) is 0 Å². The fourth-order valence-corrected chi connectivity index (χ4v) is 2.75. The van der Waals surface area contributed by atoms with Crippen LogP contribution < -0.4 is 11.3 Å². The van der Waals surface area contributed by atoms with Crippen molar-refractivity contribution in [2.75, 3.05) is 17.9 Å². The quantitative estimate of drug-likeness (QED) is 0.577. The Labute approximate surface area is 94.3 Å². The maximum atomic E-state index is 11.4. The van der Waals surface area contributed by atoms with Crippen molar-refractivity contribution in [3.05, 3.63) is 18.2 Å². The Balaban J connectivity index is 3.58. The van der Waals surface area contributed by atoms with E-state index in [1.807, 2.05) is 0 Å². The number of hydrazine groups is 1. The Morgan fingerprint density at radius 2 is 1.62 bits per heavy atom. The van der Waals surface area contributed by atoms with Gasteiger partial charge in [-0.05, 0) is 18.2 Å². The molecule has 0 aliphatic rings. The minimum absolute atomic E-state index is 0.0630. The van der Waals surface area contributed by atoms with E-state index in [4.69, 9.17) is 5.84 Å². The Morgan fingerprint density at radius 1 is 1.06 bits per heavy atom. The molecule has 1 aromatic rings. The first-order valence-electron chi connectivity index (χ1n) is 4.17. The van der Waals surface area contributed by atoms with Crippen molar-refractivity contribution in [1.82, 2.24) is 0 Å². The number of hydrogen-bond acceptors (Lipinski definition) is 6. The second-order valence-corrected chi connectivity index (χ2v) is 7.35. The molecule has 6 nitrogen and oxygen atoms in total. The zero-order valence-electron chi connectivity index (χ0n) is 8.76. The highest BCUT2D eigenvalue weighted by atomic mass is 32.2. The van der Waals surface area contributed by atoms with E-state index in [2.05, 4.69) is 5.43 Å². The minimum atomic E-state index is -3.54. The average molecular weight is 264 g/mol. The van der Waals surface area contributed by atoms with Gasteiger partial charge >= 0.3 is 0 Å². The van der Waals surface area contributed by atoms with E-state index in [0.29, 0.717) is 0 Å². The van der Waals surface area contributed by atoms with Crippen LogP contribution in [0.5, 0.6) is 0 Å². The second-order valence-electron chi connectivity index (χ2n) is 3.35. The lowest BCUT2D eigenvalue weighted by atomic mass is 10.3. The largest absolute Gasteiger partial charge is 0.323 e. The second kappa shape index (κ2) is 4.04. The Bertz CT molecular complexity index is 605. The van der Waals surface area contributed by atoms with E-state index in [0.717, 1.165) is 18.6 Å². The highest BCUT2D eigenvalue weighted by molar-refractivity contribution is 7.91. The molecule has 0 aliphatic carbocycles. The maximum Gasteiger partial charge on any atom is 0.177 e. The monoisotopic (exact) mass is 264 g/mol. The van der Waals surface area contributed by atoms with Crippen LogP contribution in [0.4, 0.5) is 5.69 Å². The van der Waals surface area contributed by atoms with Gasteiger partial charge in [-0.2, -0.15) is 0 Å². The Hall–Kier alpha value is -1.12. The van der Waals surface area contributed by atoms with E-state index in [1.54, 1.807) is 0 Å². The molecule has 0 fully saturated rings. The van der Waals surface area contributed by atoms with Crippen molar-refractivity contribution in [3.63, 3.8) is 0 Å². The van der Waals surface area contributed by atoms with Gasteiger partial charge in [0.25, 0.3) is 0 Å². The summed E-state index contributed by atoms with van der Waals surface area (Å²) in [5.74, 6) is 5.14. The average Bonchev–Trinajstić information content (AvgIpc) is 2.14. The van der Waals surface area contributed by atoms with Crippen LogP contribution in [-0.2, 0) is 19.7 Å². The molecule has 90 valence electrons. The van der Waals surface area contributed by atoms with Crippen LogP contribution in [0.15, 0.2) is 28.0 Å². The summed E-state index contributed by atoms with van der Waals surface area (Å²) in [6.07, 6.45) is 1.99. The first-order chi connectivity index (χ1) is 7.16. The van der Waals surface area contributed by atoms with Crippen LogP contribution in [0.3, 0.4) is 0 Å². The van der Waals surface area contributed by atoms with Crippen LogP contribution in [0.2, 0.25) is 0 Å². The van der Waals surface area contributed by atoms with Crippen LogP contribution in [0.1, 0.15) is 0 Å². The molecule has 0 saturated carbocycles. The normalized spacial score (nSPS) is 12.4. The van der Waals surface area contributed by atoms with Crippen molar-refractivity contribution in [3.8, 4) is 0 Å². The van der Waals surface area contributed by atoms with Crippen LogP contribution in [0.25, 0.3) is 0 Å². The summed E-state index contributed by atoms with van der Waals surface area (Å²) < 4.78 is 45.3. The van der Waals surface area contributed by atoms with Crippen molar-refractivity contribution >= 4 is 25.4 Å². The minimum Gasteiger partial charge on any atom is -0.323 e. The predicted molar refractivity (Wildman–Crippen MR) is 60.5 cm³/mol. The molecule has 0 spiro atoms. The van der Waals surface area contributed by atoms with Gasteiger partial charge in [0, 0.05) is 12.5 Å². The highest BCUT2D eigenvalue weighted by Gasteiger charge is 2.17. The summed E-state index contributed by atoms with van der Waals surface area (Å²) >= 11 is 0. The molecule has 0 atom stereocenters. The molecule has 0 radical (unpaired) electrons. The van der Waals surface area contributed by atoms with Gasteiger partial charge in [0.2, 0.25) is 0 Å². The zero-order valence-corrected chi connectivity index (χ0v) is 10.4. The first kappa shape index (κ1) is 12.9. The standard InChI is InChI=1S/C8H12N2O4S2/c1-15(11,12)6-3-4-7(10-9)8(5-6)16(2,13)14/h3-5,10H,9H2,1-2H3. The smallest absolute Gasteiger partial charge is 0.177 e. The molecule has 0 amide bonds. The summed E-state index contributed by atoms with van der Waals surface area (Å²) in [5.41, 5.74) is 2.37. The number of sulfone groups is 2. The number of nitrogens with two attached hydrogens (primary N) is 1. The van der Waals surface area contributed by atoms with Gasteiger partial charge in [0.1, 0.15) is 0 Å². The fourth-order valence-electron chi connectivity index (χ4n) is 1.16. The number of rotatable bonds is 3. The Morgan fingerprint density at radius 3 is 2.00 bits per heavy atom. The molecule has 16 heavy (non-hydrogen) atoms.